The van der Waals surface area contributed by atoms with E-state index in [2.05, 4.69) is 5.32 Å². The predicted octanol–water partition coefficient (Wildman–Crippen LogP) is 0.617. The zero-order valence-corrected chi connectivity index (χ0v) is 8.71. The summed E-state index contributed by atoms with van der Waals surface area (Å²) in [6.07, 6.45) is 4.53. The van der Waals surface area contributed by atoms with Crippen LogP contribution in [0, 0.1) is 0 Å². The van der Waals surface area contributed by atoms with E-state index in [0.29, 0.717) is 18.6 Å². The Labute approximate surface area is 80.7 Å². The fraction of sp³-hybridized carbons (Fsp3) is 1.00. The van der Waals surface area contributed by atoms with Crippen molar-refractivity contribution in [2.45, 2.75) is 57.2 Å². The van der Waals surface area contributed by atoms with Gasteiger partial charge >= 0.3 is 0 Å². The summed E-state index contributed by atoms with van der Waals surface area (Å²) in [7, 11) is 0. The third kappa shape index (κ3) is 4.60. The standard InChI is InChI=1S/C10H22N2O/c1-10(2,13)7-12-9-5-3-8(11)4-6-9/h8-9,12-13H,3-7,11H2,1-2H3. The van der Waals surface area contributed by atoms with Gasteiger partial charge in [-0.25, -0.2) is 0 Å². The van der Waals surface area contributed by atoms with Gasteiger partial charge in [-0.3, -0.25) is 0 Å². The van der Waals surface area contributed by atoms with Crippen LogP contribution in [0.15, 0.2) is 0 Å². The number of hydrogen-bond donors (Lipinski definition) is 3. The van der Waals surface area contributed by atoms with Crippen molar-refractivity contribution in [3.63, 3.8) is 0 Å². The van der Waals surface area contributed by atoms with Crippen LogP contribution in [0.3, 0.4) is 0 Å². The van der Waals surface area contributed by atoms with Crippen LogP contribution in [0.25, 0.3) is 0 Å². The van der Waals surface area contributed by atoms with Crippen molar-refractivity contribution in [2.24, 2.45) is 5.73 Å². The first-order valence-electron chi connectivity index (χ1n) is 5.19. The van der Waals surface area contributed by atoms with Gasteiger partial charge in [0.05, 0.1) is 5.60 Å². The van der Waals surface area contributed by atoms with Crippen LogP contribution in [0.4, 0.5) is 0 Å². The molecule has 0 spiro atoms. The van der Waals surface area contributed by atoms with E-state index in [9.17, 15) is 5.11 Å². The summed E-state index contributed by atoms with van der Waals surface area (Å²) in [4.78, 5) is 0. The van der Waals surface area contributed by atoms with Crippen LogP contribution in [0.2, 0.25) is 0 Å². The Bertz CT molecular complexity index is 145. The molecule has 0 amide bonds. The second-order valence-corrected chi connectivity index (χ2v) is 4.81. The van der Waals surface area contributed by atoms with Crippen molar-refractivity contribution in [3.05, 3.63) is 0 Å². The number of nitrogens with two attached hydrogens (primary N) is 1. The highest BCUT2D eigenvalue weighted by atomic mass is 16.3. The SMILES string of the molecule is CC(C)(O)CNC1CCC(N)CC1. The third-order valence-corrected chi connectivity index (χ3v) is 2.60. The lowest BCUT2D eigenvalue weighted by Gasteiger charge is -2.29. The minimum atomic E-state index is -0.598. The van der Waals surface area contributed by atoms with Gasteiger partial charge in [-0.1, -0.05) is 0 Å². The number of nitrogens with one attached hydrogen (secondary N) is 1. The van der Waals surface area contributed by atoms with Gasteiger partial charge in [0.2, 0.25) is 0 Å². The second kappa shape index (κ2) is 4.40. The Morgan fingerprint density at radius 3 is 2.31 bits per heavy atom. The lowest BCUT2D eigenvalue weighted by Crippen LogP contribution is -2.43. The maximum absolute atomic E-state index is 9.51. The Hall–Kier alpha value is -0.120. The van der Waals surface area contributed by atoms with Crippen LogP contribution in [-0.4, -0.2) is 29.3 Å². The topological polar surface area (TPSA) is 58.3 Å². The average Bonchev–Trinajstić information content (AvgIpc) is 2.02. The van der Waals surface area contributed by atoms with Crippen molar-refractivity contribution in [1.82, 2.24) is 5.32 Å². The summed E-state index contributed by atoms with van der Waals surface area (Å²) in [6.45, 7) is 4.33. The van der Waals surface area contributed by atoms with Crippen molar-refractivity contribution >= 4 is 0 Å². The molecule has 4 N–H and O–H groups in total. The fourth-order valence-corrected chi connectivity index (χ4v) is 1.72. The zero-order valence-electron chi connectivity index (χ0n) is 8.71. The Balaban J connectivity index is 2.16. The van der Waals surface area contributed by atoms with Gasteiger partial charge in [-0.15, -0.1) is 0 Å². The van der Waals surface area contributed by atoms with Crippen LogP contribution in [0.5, 0.6) is 0 Å². The van der Waals surface area contributed by atoms with Crippen LogP contribution in [-0.2, 0) is 0 Å². The first-order valence-corrected chi connectivity index (χ1v) is 5.19. The van der Waals surface area contributed by atoms with E-state index in [1.807, 2.05) is 13.8 Å². The highest BCUT2D eigenvalue weighted by molar-refractivity contribution is 4.81. The predicted molar refractivity (Wildman–Crippen MR) is 54.5 cm³/mol. The molecule has 0 atom stereocenters. The van der Waals surface area contributed by atoms with Gasteiger partial charge in [-0.05, 0) is 39.5 Å². The van der Waals surface area contributed by atoms with Crippen molar-refractivity contribution in [1.29, 1.82) is 0 Å². The first-order chi connectivity index (χ1) is 5.97. The lowest BCUT2D eigenvalue weighted by molar-refractivity contribution is 0.0743. The maximum atomic E-state index is 9.51. The van der Waals surface area contributed by atoms with Crippen LogP contribution < -0.4 is 11.1 Å². The normalized spacial score (nSPS) is 30.5. The quantitative estimate of drug-likeness (QED) is 0.605. The maximum Gasteiger partial charge on any atom is 0.0715 e. The van der Waals surface area contributed by atoms with Crippen LogP contribution in [0.1, 0.15) is 39.5 Å². The Morgan fingerprint density at radius 2 is 1.85 bits per heavy atom. The van der Waals surface area contributed by atoms with Crippen LogP contribution >= 0.6 is 0 Å². The molecule has 0 heterocycles. The fourth-order valence-electron chi connectivity index (χ4n) is 1.72. The molecule has 1 saturated carbocycles. The molecular weight excluding hydrogens is 164 g/mol. The van der Waals surface area contributed by atoms with Gasteiger partial charge in [0.1, 0.15) is 0 Å². The van der Waals surface area contributed by atoms with E-state index >= 15 is 0 Å². The van der Waals surface area contributed by atoms with Gasteiger partial charge in [-0.2, -0.15) is 0 Å². The lowest BCUT2D eigenvalue weighted by atomic mass is 9.91. The molecule has 0 saturated heterocycles. The molecule has 1 aliphatic carbocycles. The molecule has 13 heavy (non-hydrogen) atoms. The molecule has 3 nitrogen and oxygen atoms in total. The molecule has 0 aromatic heterocycles. The molecule has 0 bridgehead atoms. The molecule has 0 aliphatic heterocycles. The minimum Gasteiger partial charge on any atom is -0.389 e. The summed E-state index contributed by atoms with van der Waals surface area (Å²) >= 11 is 0. The third-order valence-electron chi connectivity index (χ3n) is 2.60. The van der Waals surface area contributed by atoms with E-state index < -0.39 is 5.60 Å². The van der Waals surface area contributed by atoms with Crippen molar-refractivity contribution in [3.8, 4) is 0 Å². The smallest absolute Gasteiger partial charge is 0.0715 e. The van der Waals surface area contributed by atoms with Gasteiger partial charge < -0.3 is 16.2 Å². The first kappa shape index (κ1) is 11.0. The summed E-state index contributed by atoms with van der Waals surface area (Å²) in [6, 6.07) is 0.964. The number of aliphatic hydroxyl groups is 1. The molecule has 3 heteroatoms. The molecule has 78 valence electrons. The Kier molecular flexibility index (Phi) is 3.71. The number of hydrogen-bond acceptors (Lipinski definition) is 3. The molecular formula is C10H22N2O. The summed E-state index contributed by atoms with van der Waals surface area (Å²) in [5.74, 6) is 0. The highest BCUT2D eigenvalue weighted by Crippen LogP contribution is 2.17. The van der Waals surface area contributed by atoms with Crippen molar-refractivity contribution < 1.29 is 5.11 Å². The van der Waals surface area contributed by atoms with E-state index in [1.54, 1.807) is 0 Å². The van der Waals surface area contributed by atoms with E-state index in [0.717, 1.165) is 25.7 Å². The monoisotopic (exact) mass is 186 g/mol. The molecule has 0 aromatic rings. The minimum absolute atomic E-state index is 0.403. The molecule has 0 radical (unpaired) electrons. The molecule has 1 fully saturated rings. The summed E-state index contributed by atoms with van der Waals surface area (Å²) in [5.41, 5.74) is 5.20. The van der Waals surface area contributed by atoms with Crippen molar-refractivity contribution in [2.75, 3.05) is 6.54 Å². The summed E-state index contributed by atoms with van der Waals surface area (Å²) in [5, 5.41) is 12.9. The largest absolute Gasteiger partial charge is 0.389 e. The zero-order chi connectivity index (χ0) is 9.90. The molecule has 1 aliphatic rings. The average molecular weight is 186 g/mol. The second-order valence-electron chi connectivity index (χ2n) is 4.81. The van der Waals surface area contributed by atoms with E-state index in [1.165, 1.54) is 0 Å². The van der Waals surface area contributed by atoms with Gasteiger partial charge in [0, 0.05) is 18.6 Å². The highest BCUT2D eigenvalue weighted by Gasteiger charge is 2.20. The summed E-state index contributed by atoms with van der Waals surface area (Å²) < 4.78 is 0. The molecule has 0 unspecified atom stereocenters. The van der Waals surface area contributed by atoms with E-state index in [4.69, 9.17) is 5.73 Å². The number of rotatable bonds is 3. The molecule has 1 rings (SSSR count). The molecule has 0 aromatic carbocycles. The van der Waals surface area contributed by atoms with Gasteiger partial charge in [0.25, 0.3) is 0 Å². The Morgan fingerprint density at radius 1 is 1.31 bits per heavy atom. The van der Waals surface area contributed by atoms with E-state index in [-0.39, 0.29) is 0 Å². The van der Waals surface area contributed by atoms with Gasteiger partial charge in [0.15, 0.2) is 0 Å².